The Morgan fingerprint density at radius 2 is 2.20 bits per heavy atom. The van der Waals surface area contributed by atoms with E-state index in [2.05, 4.69) is 15.2 Å². The largest absolute Gasteiger partial charge is 0.351 e. The van der Waals surface area contributed by atoms with E-state index >= 15 is 0 Å². The molecule has 0 saturated carbocycles. The predicted octanol–water partition coefficient (Wildman–Crippen LogP) is 2.09. The molecule has 4 rings (SSSR count). The minimum Gasteiger partial charge on any atom is -0.351 e. The summed E-state index contributed by atoms with van der Waals surface area (Å²) in [6.07, 6.45) is 2.69. The number of nitrogens with one attached hydrogen (secondary N) is 2. The summed E-state index contributed by atoms with van der Waals surface area (Å²) in [5.74, 6) is 0.0491. The molecule has 0 unspecified atom stereocenters. The zero-order valence-corrected chi connectivity index (χ0v) is 10.9. The SMILES string of the molecule is O=C(c1cc2ccccc2[nH]1)N1CCc2n[nH]cc2C1. The van der Waals surface area contributed by atoms with Crippen LogP contribution in [0.3, 0.4) is 0 Å². The molecule has 0 aliphatic carbocycles. The summed E-state index contributed by atoms with van der Waals surface area (Å²) in [6.45, 7) is 1.34. The number of aromatic nitrogens is 3. The van der Waals surface area contributed by atoms with Crippen molar-refractivity contribution in [1.82, 2.24) is 20.1 Å². The van der Waals surface area contributed by atoms with Gasteiger partial charge in [-0.25, -0.2) is 0 Å². The second-order valence-electron chi connectivity index (χ2n) is 5.10. The molecule has 2 aromatic heterocycles. The zero-order chi connectivity index (χ0) is 13.5. The summed E-state index contributed by atoms with van der Waals surface area (Å²) >= 11 is 0. The molecular weight excluding hydrogens is 252 g/mol. The van der Waals surface area contributed by atoms with Crippen LogP contribution >= 0.6 is 0 Å². The molecule has 100 valence electrons. The van der Waals surface area contributed by atoms with Crippen LogP contribution in [-0.2, 0) is 13.0 Å². The molecule has 0 saturated heterocycles. The van der Waals surface area contributed by atoms with E-state index in [1.165, 1.54) is 0 Å². The highest BCUT2D eigenvalue weighted by molar-refractivity contribution is 5.98. The molecule has 0 bridgehead atoms. The molecule has 3 heterocycles. The molecule has 0 spiro atoms. The fourth-order valence-corrected chi connectivity index (χ4v) is 2.75. The fourth-order valence-electron chi connectivity index (χ4n) is 2.75. The van der Waals surface area contributed by atoms with Gasteiger partial charge in [-0.05, 0) is 12.1 Å². The van der Waals surface area contributed by atoms with E-state index in [9.17, 15) is 4.79 Å². The Hall–Kier alpha value is -2.56. The highest BCUT2D eigenvalue weighted by Gasteiger charge is 2.24. The zero-order valence-electron chi connectivity index (χ0n) is 10.9. The van der Waals surface area contributed by atoms with Gasteiger partial charge in [-0.1, -0.05) is 18.2 Å². The van der Waals surface area contributed by atoms with Crippen molar-refractivity contribution >= 4 is 16.8 Å². The van der Waals surface area contributed by atoms with Crippen molar-refractivity contribution in [3.63, 3.8) is 0 Å². The highest BCUT2D eigenvalue weighted by atomic mass is 16.2. The molecule has 1 aliphatic rings. The maximum absolute atomic E-state index is 12.6. The molecule has 1 amide bonds. The molecule has 3 aromatic rings. The van der Waals surface area contributed by atoms with E-state index in [4.69, 9.17) is 0 Å². The molecule has 20 heavy (non-hydrogen) atoms. The van der Waals surface area contributed by atoms with Crippen molar-refractivity contribution in [2.45, 2.75) is 13.0 Å². The lowest BCUT2D eigenvalue weighted by Crippen LogP contribution is -2.35. The minimum absolute atomic E-state index is 0.0491. The first-order valence-corrected chi connectivity index (χ1v) is 6.70. The van der Waals surface area contributed by atoms with Crippen LogP contribution in [0, 0.1) is 0 Å². The van der Waals surface area contributed by atoms with Gasteiger partial charge >= 0.3 is 0 Å². The third-order valence-electron chi connectivity index (χ3n) is 3.84. The summed E-state index contributed by atoms with van der Waals surface area (Å²) in [5, 5.41) is 8.12. The Labute approximate surface area is 115 Å². The number of H-pyrrole nitrogens is 2. The van der Waals surface area contributed by atoms with Crippen molar-refractivity contribution < 1.29 is 4.79 Å². The summed E-state index contributed by atoms with van der Waals surface area (Å²) in [5.41, 5.74) is 3.83. The monoisotopic (exact) mass is 266 g/mol. The van der Waals surface area contributed by atoms with Crippen LogP contribution < -0.4 is 0 Å². The van der Waals surface area contributed by atoms with Crippen molar-refractivity contribution in [2.24, 2.45) is 0 Å². The predicted molar refractivity (Wildman–Crippen MR) is 75.3 cm³/mol. The molecule has 5 nitrogen and oxygen atoms in total. The lowest BCUT2D eigenvalue weighted by atomic mass is 10.1. The second kappa shape index (κ2) is 4.23. The van der Waals surface area contributed by atoms with E-state index in [1.54, 1.807) is 0 Å². The van der Waals surface area contributed by atoms with E-state index < -0.39 is 0 Å². The van der Waals surface area contributed by atoms with Crippen LogP contribution in [0.25, 0.3) is 10.9 Å². The van der Waals surface area contributed by atoms with Gasteiger partial charge in [-0.3, -0.25) is 9.89 Å². The van der Waals surface area contributed by atoms with Gasteiger partial charge in [-0.2, -0.15) is 5.10 Å². The Morgan fingerprint density at radius 1 is 1.30 bits per heavy atom. The standard InChI is InChI=1S/C15H14N4O/c20-15(14-7-10-3-1-2-4-12(10)17-14)19-6-5-13-11(9-19)8-16-18-13/h1-4,7-8,17H,5-6,9H2,(H,16,18). The third kappa shape index (κ3) is 1.71. The van der Waals surface area contributed by atoms with Gasteiger partial charge in [0.2, 0.25) is 0 Å². The van der Waals surface area contributed by atoms with Gasteiger partial charge in [0.25, 0.3) is 5.91 Å². The Kier molecular flexibility index (Phi) is 2.39. The number of rotatable bonds is 1. The molecule has 1 aromatic carbocycles. The van der Waals surface area contributed by atoms with Crippen LogP contribution in [-0.4, -0.2) is 32.5 Å². The van der Waals surface area contributed by atoms with E-state index in [1.807, 2.05) is 41.4 Å². The number of hydrogen-bond acceptors (Lipinski definition) is 2. The van der Waals surface area contributed by atoms with Crippen LogP contribution in [0.1, 0.15) is 21.7 Å². The number of benzene rings is 1. The summed E-state index contributed by atoms with van der Waals surface area (Å²) in [6, 6.07) is 9.85. The summed E-state index contributed by atoms with van der Waals surface area (Å²) in [7, 11) is 0. The number of aromatic amines is 2. The molecule has 0 fully saturated rings. The first kappa shape index (κ1) is 11.3. The number of carbonyl (C=O) groups is 1. The number of amides is 1. The number of nitrogens with zero attached hydrogens (tertiary/aromatic N) is 2. The van der Waals surface area contributed by atoms with E-state index in [0.29, 0.717) is 18.8 Å². The van der Waals surface area contributed by atoms with Gasteiger partial charge in [0, 0.05) is 42.2 Å². The van der Waals surface area contributed by atoms with Crippen LogP contribution in [0.15, 0.2) is 36.5 Å². The molecule has 0 radical (unpaired) electrons. The lowest BCUT2D eigenvalue weighted by molar-refractivity contribution is 0.0729. The van der Waals surface area contributed by atoms with Crippen molar-refractivity contribution in [3.8, 4) is 0 Å². The molecule has 2 N–H and O–H groups in total. The summed E-state index contributed by atoms with van der Waals surface area (Å²) < 4.78 is 0. The van der Waals surface area contributed by atoms with Crippen molar-refractivity contribution in [1.29, 1.82) is 0 Å². The van der Waals surface area contributed by atoms with Gasteiger partial charge in [0.15, 0.2) is 0 Å². The molecule has 1 aliphatic heterocycles. The number of para-hydroxylation sites is 1. The summed E-state index contributed by atoms with van der Waals surface area (Å²) in [4.78, 5) is 17.6. The van der Waals surface area contributed by atoms with Crippen LogP contribution in [0.2, 0.25) is 0 Å². The van der Waals surface area contributed by atoms with Gasteiger partial charge < -0.3 is 9.88 Å². The Bertz CT molecular complexity index is 753. The normalized spacial score (nSPS) is 14.5. The minimum atomic E-state index is 0.0491. The van der Waals surface area contributed by atoms with Gasteiger partial charge in [0.05, 0.1) is 5.69 Å². The fraction of sp³-hybridized carbons (Fsp3) is 0.200. The second-order valence-corrected chi connectivity index (χ2v) is 5.10. The topological polar surface area (TPSA) is 64.8 Å². The highest BCUT2D eigenvalue weighted by Crippen LogP contribution is 2.20. The lowest BCUT2D eigenvalue weighted by Gasteiger charge is -2.25. The smallest absolute Gasteiger partial charge is 0.270 e. The molecule has 5 heteroatoms. The van der Waals surface area contributed by atoms with E-state index in [0.717, 1.165) is 28.6 Å². The van der Waals surface area contributed by atoms with Gasteiger partial charge in [-0.15, -0.1) is 0 Å². The van der Waals surface area contributed by atoms with Gasteiger partial charge in [0.1, 0.15) is 5.69 Å². The first-order valence-electron chi connectivity index (χ1n) is 6.70. The van der Waals surface area contributed by atoms with Crippen LogP contribution in [0.5, 0.6) is 0 Å². The Balaban J connectivity index is 1.64. The number of fused-ring (bicyclic) bond motifs is 2. The van der Waals surface area contributed by atoms with E-state index in [-0.39, 0.29) is 5.91 Å². The number of hydrogen-bond donors (Lipinski definition) is 2. The third-order valence-corrected chi connectivity index (χ3v) is 3.84. The Morgan fingerprint density at radius 3 is 3.10 bits per heavy atom. The average molecular weight is 266 g/mol. The quantitative estimate of drug-likeness (QED) is 0.708. The number of carbonyl (C=O) groups excluding carboxylic acids is 1. The van der Waals surface area contributed by atoms with Crippen molar-refractivity contribution in [3.05, 3.63) is 53.5 Å². The maximum atomic E-state index is 12.6. The average Bonchev–Trinajstić information content (AvgIpc) is 3.11. The maximum Gasteiger partial charge on any atom is 0.270 e. The van der Waals surface area contributed by atoms with Crippen LogP contribution in [0.4, 0.5) is 0 Å². The molecule has 0 atom stereocenters. The molecular formula is C15H14N4O. The van der Waals surface area contributed by atoms with Crippen molar-refractivity contribution in [2.75, 3.05) is 6.54 Å². The first-order chi connectivity index (χ1) is 9.81.